The number of non-ortho nitro benzene ring substituents is 1. The van der Waals surface area contributed by atoms with Crippen molar-refractivity contribution >= 4 is 56.3 Å². The van der Waals surface area contributed by atoms with Gasteiger partial charge in [0, 0.05) is 22.0 Å². The molecule has 0 saturated carbocycles. The van der Waals surface area contributed by atoms with Crippen LogP contribution in [-0.4, -0.2) is 24.2 Å². The van der Waals surface area contributed by atoms with Gasteiger partial charge in [0.1, 0.15) is 12.2 Å². The lowest BCUT2D eigenvalue weighted by atomic mass is 10.2. The van der Waals surface area contributed by atoms with Gasteiger partial charge in [0.15, 0.2) is 17.3 Å². The van der Waals surface area contributed by atoms with E-state index in [-0.39, 0.29) is 11.4 Å². The number of benzene rings is 3. The van der Waals surface area contributed by atoms with Crippen molar-refractivity contribution in [3.05, 3.63) is 97.2 Å². The van der Waals surface area contributed by atoms with Crippen molar-refractivity contribution in [3.63, 3.8) is 0 Å². The minimum absolute atomic E-state index is 0.0371. The van der Waals surface area contributed by atoms with Crippen LogP contribution in [0.5, 0.6) is 11.5 Å². The van der Waals surface area contributed by atoms with Gasteiger partial charge in [-0.3, -0.25) is 14.9 Å². The fourth-order valence-corrected chi connectivity index (χ4v) is 3.71. The summed E-state index contributed by atoms with van der Waals surface area (Å²) in [5.41, 5.74) is 4.12. The van der Waals surface area contributed by atoms with Gasteiger partial charge in [-0.2, -0.15) is 5.10 Å². The summed E-state index contributed by atoms with van der Waals surface area (Å²) in [4.78, 5) is 22.8. The highest BCUT2D eigenvalue weighted by Gasteiger charge is 2.15. The Hall–Kier alpha value is -3.89. The van der Waals surface area contributed by atoms with Crippen molar-refractivity contribution in [2.45, 2.75) is 6.61 Å². The predicted octanol–water partition coefficient (Wildman–Crippen LogP) is 6.11. The molecule has 1 aromatic heterocycles. The Labute approximate surface area is 212 Å². The van der Waals surface area contributed by atoms with E-state index in [1.165, 1.54) is 37.6 Å². The first-order chi connectivity index (χ1) is 16.8. The van der Waals surface area contributed by atoms with Gasteiger partial charge >= 0.3 is 5.91 Å². The zero-order chi connectivity index (χ0) is 24.9. The molecule has 0 atom stereocenters. The summed E-state index contributed by atoms with van der Waals surface area (Å²) in [7, 11) is 1.49. The topological polar surface area (TPSA) is 116 Å². The number of hydrazone groups is 1. The van der Waals surface area contributed by atoms with Gasteiger partial charge in [-0.1, -0.05) is 39.7 Å². The first-order valence-corrected chi connectivity index (χ1v) is 11.3. The van der Waals surface area contributed by atoms with E-state index in [0.29, 0.717) is 39.7 Å². The third kappa shape index (κ3) is 5.79. The molecule has 0 bridgehead atoms. The number of nitrogens with one attached hydrogen (secondary N) is 1. The molecule has 3 aromatic carbocycles. The molecule has 4 rings (SSSR count). The van der Waals surface area contributed by atoms with Crippen molar-refractivity contribution in [3.8, 4) is 11.5 Å². The van der Waals surface area contributed by atoms with Crippen LogP contribution in [0.2, 0.25) is 5.02 Å². The van der Waals surface area contributed by atoms with Crippen LogP contribution in [0, 0.1) is 10.1 Å². The summed E-state index contributed by atoms with van der Waals surface area (Å²) in [6, 6.07) is 16.4. The van der Waals surface area contributed by atoms with E-state index >= 15 is 0 Å². The van der Waals surface area contributed by atoms with Crippen molar-refractivity contribution < 1.29 is 23.6 Å². The molecule has 1 amide bonds. The SMILES string of the molecule is COc1cc(/C=N\NC(=O)c2cc3cc([N+](=O)[O-])ccc3o2)cc(Cl)c1OCc1ccc(Br)cc1. The Morgan fingerprint density at radius 2 is 1.97 bits per heavy atom. The number of nitro groups is 1. The minimum atomic E-state index is -0.618. The number of nitrogens with zero attached hydrogens (tertiary/aromatic N) is 2. The van der Waals surface area contributed by atoms with Crippen LogP contribution in [0.3, 0.4) is 0 Å². The number of ether oxygens (including phenoxy) is 2. The third-order valence-corrected chi connectivity index (χ3v) is 5.67. The number of methoxy groups -OCH3 is 1. The second kappa shape index (κ2) is 10.6. The zero-order valence-electron chi connectivity index (χ0n) is 18.2. The zero-order valence-corrected chi connectivity index (χ0v) is 20.5. The summed E-state index contributed by atoms with van der Waals surface area (Å²) in [6.45, 7) is 0.299. The van der Waals surface area contributed by atoms with E-state index in [0.717, 1.165) is 10.0 Å². The van der Waals surface area contributed by atoms with Crippen LogP contribution in [0.15, 0.2) is 74.7 Å². The number of amides is 1. The highest BCUT2D eigenvalue weighted by molar-refractivity contribution is 9.10. The monoisotopic (exact) mass is 557 g/mol. The summed E-state index contributed by atoms with van der Waals surface area (Å²) in [6.07, 6.45) is 1.39. The minimum Gasteiger partial charge on any atom is -0.493 e. The van der Waals surface area contributed by atoms with Crippen molar-refractivity contribution in [1.29, 1.82) is 0 Å². The Morgan fingerprint density at radius 3 is 2.69 bits per heavy atom. The van der Waals surface area contributed by atoms with Gasteiger partial charge in [-0.25, -0.2) is 5.43 Å². The number of hydrogen-bond acceptors (Lipinski definition) is 7. The lowest BCUT2D eigenvalue weighted by Crippen LogP contribution is -2.16. The molecule has 9 nitrogen and oxygen atoms in total. The summed E-state index contributed by atoms with van der Waals surface area (Å²) in [5, 5.41) is 15.6. The first kappa shape index (κ1) is 24.2. The maximum Gasteiger partial charge on any atom is 0.307 e. The van der Waals surface area contributed by atoms with Gasteiger partial charge < -0.3 is 13.9 Å². The summed E-state index contributed by atoms with van der Waals surface area (Å²) < 4.78 is 17.7. The largest absolute Gasteiger partial charge is 0.493 e. The van der Waals surface area contributed by atoms with Crippen LogP contribution in [0.4, 0.5) is 5.69 Å². The van der Waals surface area contributed by atoms with Crippen LogP contribution >= 0.6 is 27.5 Å². The van der Waals surface area contributed by atoms with E-state index in [4.69, 9.17) is 25.5 Å². The van der Waals surface area contributed by atoms with Gasteiger partial charge in [-0.15, -0.1) is 0 Å². The molecule has 1 N–H and O–H groups in total. The van der Waals surface area contributed by atoms with E-state index in [1.54, 1.807) is 12.1 Å². The molecule has 11 heteroatoms. The molecular weight excluding hydrogens is 542 g/mol. The maximum atomic E-state index is 12.4. The van der Waals surface area contributed by atoms with Crippen molar-refractivity contribution in [2.75, 3.05) is 7.11 Å². The number of carbonyl (C=O) groups is 1. The molecule has 0 spiro atoms. The molecule has 0 unspecified atom stereocenters. The van der Waals surface area contributed by atoms with Crippen molar-refractivity contribution in [1.82, 2.24) is 5.43 Å². The van der Waals surface area contributed by atoms with Gasteiger partial charge in [0.25, 0.3) is 5.69 Å². The first-order valence-electron chi connectivity index (χ1n) is 10.1. The van der Waals surface area contributed by atoms with Crippen molar-refractivity contribution in [2.24, 2.45) is 5.10 Å². The van der Waals surface area contributed by atoms with Crippen LogP contribution in [0.25, 0.3) is 11.0 Å². The second-order valence-electron chi connectivity index (χ2n) is 7.24. The lowest BCUT2D eigenvalue weighted by molar-refractivity contribution is -0.384. The van der Waals surface area contributed by atoms with E-state index < -0.39 is 10.8 Å². The normalized spacial score (nSPS) is 11.1. The molecule has 0 aliphatic carbocycles. The van der Waals surface area contributed by atoms with Gasteiger partial charge in [0.05, 0.1) is 23.3 Å². The third-order valence-electron chi connectivity index (χ3n) is 4.86. The number of rotatable bonds is 8. The van der Waals surface area contributed by atoms with E-state index in [2.05, 4.69) is 26.5 Å². The maximum absolute atomic E-state index is 12.4. The summed E-state index contributed by atoms with van der Waals surface area (Å²) in [5.74, 6) is 0.133. The Morgan fingerprint density at radius 1 is 1.20 bits per heavy atom. The number of carbonyl (C=O) groups excluding carboxylic acids is 1. The van der Waals surface area contributed by atoms with E-state index in [9.17, 15) is 14.9 Å². The predicted molar refractivity (Wildman–Crippen MR) is 134 cm³/mol. The Bertz CT molecular complexity index is 1440. The smallest absolute Gasteiger partial charge is 0.307 e. The molecular formula is C24H17BrClN3O6. The Balaban J connectivity index is 1.44. The molecule has 35 heavy (non-hydrogen) atoms. The average molecular weight is 559 g/mol. The Kier molecular flexibility index (Phi) is 7.33. The summed E-state index contributed by atoms with van der Waals surface area (Å²) >= 11 is 9.79. The van der Waals surface area contributed by atoms with E-state index in [1.807, 2.05) is 24.3 Å². The molecule has 0 radical (unpaired) electrons. The van der Waals surface area contributed by atoms with Crippen LogP contribution in [-0.2, 0) is 6.61 Å². The molecule has 4 aromatic rings. The number of halogens is 2. The quantitative estimate of drug-likeness (QED) is 0.158. The fourth-order valence-electron chi connectivity index (χ4n) is 3.17. The number of fused-ring (bicyclic) bond motifs is 1. The standard InChI is InChI=1S/C24H17BrClN3O6/c1-33-21-9-15(8-19(26)23(21)34-13-14-2-4-17(25)5-3-14)12-27-28-24(30)22-11-16-10-18(29(31)32)6-7-20(16)35-22/h2-12H,13H2,1H3,(H,28,30)/b27-12-. The molecule has 0 aliphatic rings. The van der Waals surface area contributed by atoms with Gasteiger partial charge in [0.2, 0.25) is 0 Å². The molecule has 0 saturated heterocycles. The second-order valence-corrected chi connectivity index (χ2v) is 8.56. The molecule has 178 valence electrons. The lowest BCUT2D eigenvalue weighted by Gasteiger charge is -2.13. The molecule has 1 heterocycles. The molecule has 0 aliphatic heterocycles. The fraction of sp³-hybridized carbons (Fsp3) is 0.0833. The number of hydrogen-bond donors (Lipinski definition) is 1. The van der Waals surface area contributed by atoms with Crippen LogP contribution < -0.4 is 14.9 Å². The average Bonchev–Trinajstić information content (AvgIpc) is 3.27. The highest BCUT2D eigenvalue weighted by atomic mass is 79.9. The van der Waals surface area contributed by atoms with Crippen LogP contribution in [0.1, 0.15) is 21.7 Å². The number of nitro benzene ring substituents is 1. The highest BCUT2D eigenvalue weighted by Crippen LogP contribution is 2.36. The molecule has 0 fully saturated rings. The number of furan rings is 1. The van der Waals surface area contributed by atoms with Gasteiger partial charge in [-0.05, 0) is 47.5 Å².